The Balaban J connectivity index is 2.18. The molecule has 0 saturated carbocycles. The van der Waals surface area contributed by atoms with Crippen molar-refractivity contribution in [3.8, 4) is 0 Å². The van der Waals surface area contributed by atoms with Crippen LogP contribution in [0.1, 0.15) is 37.8 Å². The molecule has 0 heterocycles. The molecule has 0 aliphatic carbocycles. The highest BCUT2D eigenvalue weighted by Gasteiger charge is 2.06. The molecule has 2 N–H and O–H groups in total. The second-order valence-corrected chi connectivity index (χ2v) is 5.17. The lowest BCUT2D eigenvalue weighted by Gasteiger charge is -2.14. The zero-order valence-corrected chi connectivity index (χ0v) is 13.0. The van der Waals surface area contributed by atoms with Crippen molar-refractivity contribution in [2.75, 3.05) is 23.7 Å². The molecule has 2 rings (SSSR count). The molecule has 0 amide bonds. The molecule has 111 valence electrons. The van der Waals surface area contributed by atoms with Crippen LogP contribution in [0, 0.1) is 6.42 Å². The smallest absolute Gasteiger partial charge is 0.0379 e. The molecule has 2 aromatic carbocycles. The lowest BCUT2D eigenvalue weighted by Crippen LogP contribution is -2.05. The van der Waals surface area contributed by atoms with Crippen molar-refractivity contribution in [2.45, 2.75) is 26.7 Å². The van der Waals surface area contributed by atoms with Gasteiger partial charge in [0.1, 0.15) is 0 Å². The number of anilines is 2. The van der Waals surface area contributed by atoms with Crippen molar-refractivity contribution in [3.63, 3.8) is 0 Å². The highest BCUT2D eigenvalue weighted by molar-refractivity contribution is 5.63. The standard InChI is InChI=1S/C19H25N2/c1-3-13-20-18-11-7-5-9-16(18)15-17-10-6-8-12-19(17)21-14-4-2/h5-12,15,20-21H,3-4,13-14H2,1-2H3. The van der Waals surface area contributed by atoms with Crippen molar-refractivity contribution in [1.82, 2.24) is 0 Å². The van der Waals surface area contributed by atoms with Gasteiger partial charge in [0.15, 0.2) is 0 Å². The summed E-state index contributed by atoms with van der Waals surface area (Å²) >= 11 is 0. The monoisotopic (exact) mass is 281 g/mol. The average Bonchev–Trinajstić information content (AvgIpc) is 2.53. The molecule has 0 bridgehead atoms. The molecule has 0 aliphatic rings. The van der Waals surface area contributed by atoms with E-state index in [0.717, 1.165) is 25.9 Å². The minimum Gasteiger partial charge on any atom is -0.385 e. The van der Waals surface area contributed by atoms with Gasteiger partial charge in [-0.25, -0.2) is 0 Å². The fourth-order valence-electron chi connectivity index (χ4n) is 2.25. The van der Waals surface area contributed by atoms with Gasteiger partial charge in [-0.1, -0.05) is 50.2 Å². The molecular formula is C19H25N2. The van der Waals surface area contributed by atoms with Gasteiger partial charge >= 0.3 is 0 Å². The maximum absolute atomic E-state index is 3.49. The largest absolute Gasteiger partial charge is 0.385 e. The molecule has 0 fully saturated rings. The van der Waals surface area contributed by atoms with Crippen LogP contribution in [-0.4, -0.2) is 13.1 Å². The van der Waals surface area contributed by atoms with Crippen LogP contribution in [0.5, 0.6) is 0 Å². The van der Waals surface area contributed by atoms with Gasteiger partial charge < -0.3 is 10.6 Å². The second kappa shape index (κ2) is 8.35. The Morgan fingerprint density at radius 3 is 1.57 bits per heavy atom. The van der Waals surface area contributed by atoms with E-state index in [4.69, 9.17) is 0 Å². The van der Waals surface area contributed by atoms with E-state index in [1.807, 2.05) is 0 Å². The summed E-state index contributed by atoms with van der Waals surface area (Å²) in [6, 6.07) is 16.9. The predicted molar refractivity (Wildman–Crippen MR) is 92.9 cm³/mol. The first kappa shape index (κ1) is 15.4. The van der Waals surface area contributed by atoms with Gasteiger partial charge in [-0.15, -0.1) is 0 Å². The van der Waals surface area contributed by atoms with Crippen molar-refractivity contribution in [2.24, 2.45) is 0 Å². The molecule has 0 saturated heterocycles. The lowest BCUT2D eigenvalue weighted by atomic mass is 10.0. The Hall–Kier alpha value is -1.96. The molecule has 1 radical (unpaired) electrons. The van der Waals surface area contributed by atoms with Gasteiger partial charge in [0.25, 0.3) is 0 Å². The Kier molecular flexibility index (Phi) is 6.14. The van der Waals surface area contributed by atoms with E-state index in [9.17, 15) is 0 Å². The fourth-order valence-corrected chi connectivity index (χ4v) is 2.25. The van der Waals surface area contributed by atoms with Crippen molar-refractivity contribution >= 4 is 11.4 Å². The zero-order chi connectivity index (χ0) is 14.9. The summed E-state index contributed by atoms with van der Waals surface area (Å²) in [5, 5.41) is 6.99. The number of para-hydroxylation sites is 2. The van der Waals surface area contributed by atoms with E-state index in [2.05, 4.69) is 79.4 Å². The third-order valence-corrected chi connectivity index (χ3v) is 3.36. The van der Waals surface area contributed by atoms with Crippen LogP contribution in [0.25, 0.3) is 0 Å². The Morgan fingerprint density at radius 2 is 1.14 bits per heavy atom. The fraction of sp³-hybridized carbons (Fsp3) is 0.316. The summed E-state index contributed by atoms with van der Waals surface area (Å²) < 4.78 is 0. The van der Waals surface area contributed by atoms with Crippen LogP contribution >= 0.6 is 0 Å². The van der Waals surface area contributed by atoms with Gasteiger partial charge in [-0.3, -0.25) is 0 Å². The molecule has 2 nitrogen and oxygen atoms in total. The van der Waals surface area contributed by atoms with Crippen molar-refractivity contribution in [3.05, 3.63) is 66.1 Å². The molecule has 0 aliphatic heterocycles. The van der Waals surface area contributed by atoms with Crippen LogP contribution in [-0.2, 0) is 0 Å². The van der Waals surface area contributed by atoms with Crippen LogP contribution in [0.3, 0.4) is 0 Å². The lowest BCUT2D eigenvalue weighted by molar-refractivity contribution is 0.976. The third kappa shape index (κ3) is 4.52. The van der Waals surface area contributed by atoms with E-state index < -0.39 is 0 Å². The predicted octanol–water partition coefficient (Wildman–Crippen LogP) is 4.93. The van der Waals surface area contributed by atoms with Gasteiger partial charge in [-0.2, -0.15) is 0 Å². The van der Waals surface area contributed by atoms with E-state index in [1.54, 1.807) is 0 Å². The summed E-state index contributed by atoms with van der Waals surface area (Å²) in [5.41, 5.74) is 4.86. The number of benzene rings is 2. The van der Waals surface area contributed by atoms with E-state index in [-0.39, 0.29) is 0 Å². The molecule has 2 aromatic rings. The number of hydrogen-bond donors (Lipinski definition) is 2. The molecular weight excluding hydrogens is 256 g/mol. The highest BCUT2D eigenvalue weighted by atomic mass is 14.9. The molecule has 0 aromatic heterocycles. The number of nitrogens with one attached hydrogen (secondary N) is 2. The van der Waals surface area contributed by atoms with Crippen molar-refractivity contribution < 1.29 is 0 Å². The summed E-state index contributed by atoms with van der Waals surface area (Å²) in [6.45, 7) is 6.37. The average molecular weight is 281 g/mol. The molecule has 0 spiro atoms. The second-order valence-electron chi connectivity index (χ2n) is 5.17. The van der Waals surface area contributed by atoms with Crippen molar-refractivity contribution in [1.29, 1.82) is 0 Å². The summed E-state index contributed by atoms with van der Waals surface area (Å²) in [7, 11) is 0. The first-order valence-electron chi connectivity index (χ1n) is 7.85. The maximum atomic E-state index is 3.49. The quantitative estimate of drug-likeness (QED) is 0.717. The molecule has 2 heteroatoms. The van der Waals surface area contributed by atoms with Gasteiger partial charge in [0.05, 0.1) is 0 Å². The Bertz CT molecular complexity index is 499. The van der Waals surface area contributed by atoms with E-state index in [1.165, 1.54) is 22.5 Å². The zero-order valence-electron chi connectivity index (χ0n) is 13.0. The number of rotatable bonds is 8. The number of hydrogen-bond acceptors (Lipinski definition) is 2. The highest BCUT2D eigenvalue weighted by Crippen LogP contribution is 2.25. The third-order valence-electron chi connectivity index (χ3n) is 3.36. The van der Waals surface area contributed by atoms with Crippen LogP contribution in [0.4, 0.5) is 11.4 Å². The van der Waals surface area contributed by atoms with Gasteiger partial charge in [-0.05, 0) is 36.1 Å². The minimum atomic E-state index is 1.00. The molecule has 0 unspecified atom stereocenters. The van der Waals surface area contributed by atoms with Crippen LogP contribution in [0.2, 0.25) is 0 Å². The summed E-state index contributed by atoms with van der Waals surface area (Å²) in [4.78, 5) is 0. The Labute approximate surface area is 128 Å². The van der Waals surface area contributed by atoms with E-state index >= 15 is 0 Å². The van der Waals surface area contributed by atoms with Gasteiger partial charge in [0, 0.05) is 30.9 Å². The maximum Gasteiger partial charge on any atom is 0.0379 e. The van der Waals surface area contributed by atoms with Crippen LogP contribution < -0.4 is 10.6 Å². The molecule has 21 heavy (non-hydrogen) atoms. The first-order chi connectivity index (χ1) is 10.3. The van der Waals surface area contributed by atoms with Crippen LogP contribution in [0.15, 0.2) is 48.5 Å². The topological polar surface area (TPSA) is 24.1 Å². The SMILES string of the molecule is CCCNc1ccccc1[CH]c1ccccc1NCCC. The van der Waals surface area contributed by atoms with Gasteiger partial charge in [0.2, 0.25) is 0 Å². The van der Waals surface area contributed by atoms with E-state index in [0.29, 0.717) is 0 Å². The summed E-state index contributed by atoms with van der Waals surface area (Å²) in [5.74, 6) is 0. The molecule has 0 atom stereocenters. The summed E-state index contributed by atoms with van der Waals surface area (Å²) in [6.07, 6.45) is 4.50. The first-order valence-corrected chi connectivity index (χ1v) is 7.85. The Morgan fingerprint density at radius 1 is 0.714 bits per heavy atom. The minimum absolute atomic E-state index is 1.00. The normalized spacial score (nSPS) is 10.4.